The van der Waals surface area contributed by atoms with Crippen molar-refractivity contribution in [2.45, 2.75) is 26.2 Å². The van der Waals surface area contributed by atoms with E-state index in [0.717, 1.165) is 18.7 Å². The zero-order valence-corrected chi connectivity index (χ0v) is 10.9. The number of ether oxygens (including phenoxy) is 2. The van der Waals surface area contributed by atoms with E-state index in [-0.39, 0.29) is 0 Å². The van der Waals surface area contributed by atoms with Crippen LogP contribution in [0.1, 0.15) is 26.2 Å². The SMILES string of the molecule is CCCCCNc1cc(OC)c(OC)cc1N. The van der Waals surface area contributed by atoms with Crippen LogP contribution in [0.5, 0.6) is 11.5 Å². The molecule has 0 unspecified atom stereocenters. The Morgan fingerprint density at radius 2 is 1.76 bits per heavy atom. The maximum Gasteiger partial charge on any atom is 0.162 e. The smallest absolute Gasteiger partial charge is 0.162 e. The summed E-state index contributed by atoms with van der Waals surface area (Å²) in [6.45, 7) is 3.11. The summed E-state index contributed by atoms with van der Waals surface area (Å²) in [5.41, 5.74) is 7.52. The Morgan fingerprint density at radius 3 is 2.35 bits per heavy atom. The van der Waals surface area contributed by atoms with E-state index < -0.39 is 0 Å². The zero-order valence-electron chi connectivity index (χ0n) is 10.9. The summed E-state index contributed by atoms with van der Waals surface area (Å²) in [6, 6.07) is 3.65. The van der Waals surface area contributed by atoms with Crippen LogP contribution in [-0.2, 0) is 0 Å². The predicted molar refractivity (Wildman–Crippen MR) is 72.0 cm³/mol. The highest BCUT2D eigenvalue weighted by atomic mass is 16.5. The number of unbranched alkanes of at least 4 members (excludes halogenated alkanes) is 2. The Labute approximate surface area is 103 Å². The van der Waals surface area contributed by atoms with Gasteiger partial charge in [-0.3, -0.25) is 0 Å². The Kier molecular flexibility index (Phi) is 5.46. The zero-order chi connectivity index (χ0) is 12.7. The lowest BCUT2D eigenvalue weighted by Gasteiger charge is -2.13. The van der Waals surface area contributed by atoms with Crippen molar-refractivity contribution in [3.8, 4) is 11.5 Å². The summed E-state index contributed by atoms with van der Waals surface area (Å²) in [6.07, 6.45) is 3.58. The Balaban J connectivity index is 2.71. The van der Waals surface area contributed by atoms with E-state index in [0.29, 0.717) is 17.2 Å². The van der Waals surface area contributed by atoms with E-state index in [1.54, 1.807) is 20.3 Å². The maximum absolute atomic E-state index is 5.94. The molecule has 0 spiro atoms. The van der Waals surface area contributed by atoms with E-state index in [1.807, 2.05) is 6.07 Å². The topological polar surface area (TPSA) is 56.5 Å². The van der Waals surface area contributed by atoms with E-state index >= 15 is 0 Å². The minimum absolute atomic E-state index is 0.657. The number of benzene rings is 1. The van der Waals surface area contributed by atoms with Crippen molar-refractivity contribution >= 4 is 11.4 Å². The molecule has 17 heavy (non-hydrogen) atoms. The van der Waals surface area contributed by atoms with Crippen molar-refractivity contribution in [1.29, 1.82) is 0 Å². The second kappa shape index (κ2) is 6.89. The number of nitrogen functional groups attached to an aromatic ring is 1. The first-order valence-electron chi connectivity index (χ1n) is 5.98. The molecular formula is C13H22N2O2. The van der Waals surface area contributed by atoms with Crippen LogP contribution in [0.15, 0.2) is 12.1 Å². The predicted octanol–water partition coefficient (Wildman–Crippen LogP) is 2.89. The first-order valence-corrected chi connectivity index (χ1v) is 5.98. The van der Waals surface area contributed by atoms with Gasteiger partial charge in [0.25, 0.3) is 0 Å². The van der Waals surface area contributed by atoms with Crippen molar-refractivity contribution in [1.82, 2.24) is 0 Å². The van der Waals surface area contributed by atoms with Crippen LogP contribution < -0.4 is 20.5 Å². The van der Waals surface area contributed by atoms with Gasteiger partial charge in [0.05, 0.1) is 25.6 Å². The monoisotopic (exact) mass is 238 g/mol. The van der Waals surface area contributed by atoms with Crippen LogP contribution in [0.25, 0.3) is 0 Å². The normalized spacial score (nSPS) is 10.1. The Morgan fingerprint density at radius 1 is 1.12 bits per heavy atom. The number of rotatable bonds is 7. The van der Waals surface area contributed by atoms with Crippen molar-refractivity contribution in [3.63, 3.8) is 0 Å². The molecular weight excluding hydrogens is 216 g/mol. The third-order valence-corrected chi connectivity index (χ3v) is 2.65. The van der Waals surface area contributed by atoms with E-state index in [2.05, 4.69) is 12.2 Å². The fourth-order valence-corrected chi connectivity index (χ4v) is 1.65. The molecule has 3 N–H and O–H groups in total. The molecule has 1 aromatic carbocycles. The fourth-order valence-electron chi connectivity index (χ4n) is 1.65. The fraction of sp³-hybridized carbons (Fsp3) is 0.538. The number of nitrogens with one attached hydrogen (secondary N) is 1. The summed E-state index contributed by atoms with van der Waals surface area (Å²) >= 11 is 0. The van der Waals surface area contributed by atoms with Gasteiger partial charge < -0.3 is 20.5 Å². The van der Waals surface area contributed by atoms with E-state index in [9.17, 15) is 0 Å². The van der Waals surface area contributed by atoms with Crippen LogP contribution in [0.2, 0.25) is 0 Å². The van der Waals surface area contributed by atoms with Crippen LogP contribution in [0, 0.1) is 0 Å². The molecule has 96 valence electrons. The van der Waals surface area contributed by atoms with Gasteiger partial charge in [0.2, 0.25) is 0 Å². The van der Waals surface area contributed by atoms with Gasteiger partial charge >= 0.3 is 0 Å². The molecule has 0 saturated heterocycles. The summed E-state index contributed by atoms with van der Waals surface area (Å²) in [4.78, 5) is 0. The molecule has 0 atom stereocenters. The number of hydrogen-bond acceptors (Lipinski definition) is 4. The summed E-state index contributed by atoms with van der Waals surface area (Å²) < 4.78 is 10.4. The molecule has 0 aromatic heterocycles. The maximum atomic E-state index is 5.94. The van der Waals surface area contributed by atoms with Gasteiger partial charge in [0, 0.05) is 18.7 Å². The first-order chi connectivity index (χ1) is 8.22. The molecule has 0 heterocycles. The molecule has 0 bridgehead atoms. The highest BCUT2D eigenvalue weighted by Crippen LogP contribution is 2.34. The number of methoxy groups -OCH3 is 2. The molecule has 0 saturated carbocycles. The van der Waals surface area contributed by atoms with Crippen molar-refractivity contribution in [2.75, 3.05) is 31.8 Å². The molecule has 0 fully saturated rings. The molecule has 4 heteroatoms. The molecule has 4 nitrogen and oxygen atoms in total. The van der Waals surface area contributed by atoms with Crippen molar-refractivity contribution in [2.24, 2.45) is 0 Å². The highest BCUT2D eigenvalue weighted by Gasteiger charge is 2.08. The lowest BCUT2D eigenvalue weighted by molar-refractivity contribution is 0.355. The third kappa shape index (κ3) is 3.73. The number of hydrogen-bond donors (Lipinski definition) is 2. The van der Waals surface area contributed by atoms with Crippen LogP contribution in [-0.4, -0.2) is 20.8 Å². The average molecular weight is 238 g/mol. The van der Waals surface area contributed by atoms with Gasteiger partial charge in [-0.15, -0.1) is 0 Å². The van der Waals surface area contributed by atoms with E-state index in [1.165, 1.54) is 12.8 Å². The summed E-state index contributed by atoms with van der Waals surface area (Å²) in [7, 11) is 3.22. The van der Waals surface area contributed by atoms with E-state index in [4.69, 9.17) is 15.2 Å². The van der Waals surface area contributed by atoms with Gasteiger partial charge in [-0.2, -0.15) is 0 Å². The van der Waals surface area contributed by atoms with Crippen molar-refractivity contribution in [3.05, 3.63) is 12.1 Å². The standard InChI is InChI=1S/C13H22N2O2/c1-4-5-6-7-15-11-9-13(17-3)12(16-2)8-10(11)14/h8-9,15H,4-7,14H2,1-3H3. The highest BCUT2D eigenvalue weighted by molar-refractivity contribution is 5.71. The lowest BCUT2D eigenvalue weighted by atomic mass is 10.2. The summed E-state index contributed by atoms with van der Waals surface area (Å²) in [5, 5.41) is 3.31. The molecule has 0 aliphatic rings. The second-order valence-corrected chi connectivity index (χ2v) is 3.93. The van der Waals surface area contributed by atoms with Crippen molar-refractivity contribution < 1.29 is 9.47 Å². The molecule has 0 amide bonds. The minimum atomic E-state index is 0.657. The van der Waals surface area contributed by atoms with Crippen LogP contribution in [0.4, 0.5) is 11.4 Å². The molecule has 0 aliphatic carbocycles. The third-order valence-electron chi connectivity index (χ3n) is 2.65. The second-order valence-electron chi connectivity index (χ2n) is 3.93. The Bertz CT molecular complexity index is 354. The molecule has 0 aliphatic heterocycles. The number of nitrogens with two attached hydrogens (primary N) is 1. The van der Waals surface area contributed by atoms with Crippen LogP contribution >= 0.6 is 0 Å². The van der Waals surface area contributed by atoms with Gasteiger partial charge in [-0.05, 0) is 6.42 Å². The molecule has 1 aromatic rings. The summed E-state index contributed by atoms with van der Waals surface area (Å²) in [5.74, 6) is 1.35. The molecule has 0 radical (unpaired) electrons. The number of anilines is 2. The average Bonchev–Trinajstić information content (AvgIpc) is 2.35. The van der Waals surface area contributed by atoms with Gasteiger partial charge in [0.1, 0.15) is 0 Å². The lowest BCUT2D eigenvalue weighted by Crippen LogP contribution is -2.05. The van der Waals surface area contributed by atoms with Gasteiger partial charge in [-0.1, -0.05) is 19.8 Å². The Hall–Kier alpha value is -1.58. The van der Waals surface area contributed by atoms with Crippen LogP contribution in [0.3, 0.4) is 0 Å². The minimum Gasteiger partial charge on any atom is -0.493 e. The first kappa shape index (κ1) is 13.5. The largest absolute Gasteiger partial charge is 0.493 e. The quantitative estimate of drug-likeness (QED) is 0.566. The van der Waals surface area contributed by atoms with Gasteiger partial charge in [0.15, 0.2) is 11.5 Å². The van der Waals surface area contributed by atoms with Gasteiger partial charge in [-0.25, -0.2) is 0 Å². The molecule has 1 rings (SSSR count).